The van der Waals surface area contributed by atoms with Gasteiger partial charge in [-0.25, -0.2) is 0 Å². The van der Waals surface area contributed by atoms with E-state index in [-0.39, 0.29) is 42.8 Å². The predicted octanol–water partition coefficient (Wildman–Crippen LogP) is 4.01. The van der Waals surface area contributed by atoms with Crippen molar-refractivity contribution in [1.82, 2.24) is 5.32 Å². The minimum Gasteiger partial charge on any atom is -0.464 e. The minimum absolute atomic E-state index is 0.0744. The lowest BCUT2D eigenvalue weighted by Crippen LogP contribution is -2.39. The van der Waals surface area contributed by atoms with Gasteiger partial charge in [0.1, 0.15) is 6.61 Å². The summed E-state index contributed by atoms with van der Waals surface area (Å²) < 4.78 is 10.5. The van der Waals surface area contributed by atoms with Crippen LogP contribution in [0.4, 0.5) is 0 Å². The molecule has 1 N–H and O–H groups in total. The SMILES string of the molecule is CCCC[C@@H](CC)C(=O)OCCNC(=O)[C@@H](C)OC(=O)[C@@H](CC)CCCC. The van der Waals surface area contributed by atoms with E-state index in [2.05, 4.69) is 19.2 Å². The van der Waals surface area contributed by atoms with Crippen LogP contribution in [0.1, 0.15) is 86.0 Å². The van der Waals surface area contributed by atoms with E-state index in [1.54, 1.807) is 6.92 Å². The van der Waals surface area contributed by atoms with Gasteiger partial charge in [0.15, 0.2) is 6.10 Å². The van der Waals surface area contributed by atoms with E-state index in [0.717, 1.165) is 44.9 Å². The van der Waals surface area contributed by atoms with Gasteiger partial charge in [0.05, 0.1) is 18.4 Å². The molecule has 158 valence electrons. The Morgan fingerprint density at radius 1 is 0.852 bits per heavy atom. The van der Waals surface area contributed by atoms with E-state index in [4.69, 9.17) is 9.47 Å². The van der Waals surface area contributed by atoms with Crippen molar-refractivity contribution >= 4 is 17.8 Å². The molecule has 0 spiro atoms. The molecule has 1 amide bonds. The highest BCUT2D eigenvalue weighted by atomic mass is 16.5. The second kappa shape index (κ2) is 15.5. The molecule has 0 radical (unpaired) electrons. The van der Waals surface area contributed by atoms with Crippen molar-refractivity contribution in [3.05, 3.63) is 0 Å². The highest BCUT2D eigenvalue weighted by Gasteiger charge is 2.23. The first kappa shape index (κ1) is 25.4. The van der Waals surface area contributed by atoms with Crippen molar-refractivity contribution in [2.24, 2.45) is 11.8 Å². The molecular formula is C21H39NO5. The minimum atomic E-state index is -0.850. The molecule has 0 aliphatic heterocycles. The lowest BCUT2D eigenvalue weighted by molar-refractivity contribution is -0.159. The smallest absolute Gasteiger partial charge is 0.309 e. The summed E-state index contributed by atoms with van der Waals surface area (Å²) in [6.45, 7) is 9.99. The first-order valence-electron chi connectivity index (χ1n) is 10.6. The summed E-state index contributed by atoms with van der Waals surface area (Å²) in [7, 11) is 0. The number of carbonyl (C=O) groups is 3. The van der Waals surface area contributed by atoms with Gasteiger partial charge in [-0.2, -0.15) is 0 Å². The molecule has 0 aliphatic carbocycles. The molecule has 6 heteroatoms. The largest absolute Gasteiger partial charge is 0.464 e. The van der Waals surface area contributed by atoms with Crippen LogP contribution in [-0.4, -0.2) is 37.1 Å². The molecule has 0 bridgehead atoms. The van der Waals surface area contributed by atoms with E-state index in [1.165, 1.54) is 0 Å². The maximum absolute atomic E-state index is 12.1. The van der Waals surface area contributed by atoms with Gasteiger partial charge >= 0.3 is 11.9 Å². The van der Waals surface area contributed by atoms with Crippen LogP contribution in [0.5, 0.6) is 0 Å². The molecule has 0 saturated carbocycles. The number of esters is 2. The maximum atomic E-state index is 12.1. The number of hydrogen-bond donors (Lipinski definition) is 1. The van der Waals surface area contributed by atoms with Crippen LogP contribution in [0.25, 0.3) is 0 Å². The molecule has 0 saturated heterocycles. The molecular weight excluding hydrogens is 346 g/mol. The second-order valence-corrected chi connectivity index (χ2v) is 7.03. The summed E-state index contributed by atoms with van der Waals surface area (Å²) in [4.78, 5) is 36.2. The Kier molecular flexibility index (Phi) is 14.6. The highest BCUT2D eigenvalue weighted by Crippen LogP contribution is 2.16. The zero-order valence-corrected chi connectivity index (χ0v) is 17.8. The van der Waals surface area contributed by atoms with Gasteiger partial charge in [-0.15, -0.1) is 0 Å². The van der Waals surface area contributed by atoms with Crippen LogP contribution < -0.4 is 5.32 Å². The number of carbonyl (C=O) groups excluding carboxylic acids is 3. The third-order valence-corrected chi connectivity index (χ3v) is 4.77. The van der Waals surface area contributed by atoms with Crippen LogP contribution in [0.15, 0.2) is 0 Å². The molecule has 0 rings (SSSR count). The quantitative estimate of drug-likeness (QED) is 0.340. The van der Waals surface area contributed by atoms with Crippen LogP contribution >= 0.6 is 0 Å². The Hall–Kier alpha value is -1.59. The fourth-order valence-electron chi connectivity index (χ4n) is 2.79. The number of ether oxygens (including phenoxy) is 2. The van der Waals surface area contributed by atoms with E-state index in [9.17, 15) is 14.4 Å². The number of hydrogen-bond acceptors (Lipinski definition) is 5. The van der Waals surface area contributed by atoms with Crippen LogP contribution in [0.3, 0.4) is 0 Å². The lowest BCUT2D eigenvalue weighted by atomic mass is 10.00. The van der Waals surface area contributed by atoms with Crippen molar-refractivity contribution < 1.29 is 23.9 Å². The Morgan fingerprint density at radius 3 is 1.85 bits per heavy atom. The van der Waals surface area contributed by atoms with E-state index in [0.29, 0.717) is 6.42 Å². The van der Waals surface area contributed by atoms with E-state index < -0.39 is 6.10 Å². The van der Waals surface area contributed by atoms with Gasteiger partial charge in [0.2, 0.25) is 0 Å². The number of nitrogens with one attached hydrogen (secondary N) is 1. The normalized spacial score (nSPS) is 14.1. The average Bonchev–Trinajstić information content (AvgIpc) is 2.66. The summed E-state index contributed by atoms with van der Waals surface area (Å²) in [5.74, 6) is -1.13. The van der Waals surface area contributed by atoms with Crippen LogP contribution in [-0.2, 0) is 23.9 Å². The van der Waals surface area contributed by atoms with Gasteiger partial charge in [0, 0.05) is 0 Å². The Morgan fingerprint density at radius 2 is 1.37 bits per heavy atom. The van der Waals surface area contributed by atoms with E-state index >= 15 is 0 Å². The monoisotopic (exact) mass is 385 g/mol. The Bertz CT molecular complexity index is 438. The topological polar surface area (TPSA) is 81.7 Å². The van der Waals surface area contributed by atoms with E-state index in [1.807, 2.05) is 13.8 Å². The maximum Gasteiger partial charge on any atom is 0.309 e. The molecule has 0 unspecified atom stereocenters. The van der Waals surface area contributed by atoms with Crippen molar-refractivity contribution in [3.8, 4) is 0 Å². The van der Waals surface area contributed by atoms with Gasteiger partial charge in [-0.3, -0.25) is 14.4 Å². The molecule has 0 heterocycles. The molecule has 0 aromatic heterocycles. The first-order chi connectivity index (χ1) is 12.9. The van der Waals surface area contributed by atoms with Gasteiger partial charge < -0.3 is 14.8 Å². The first-order valence-corrected chi connectivity index (χ1v) is 10.6. The zero-order chi connectivity index (χ0) is 20.7. The zero-order valence-electron chi connectivity index (χ0n) is 17.8. The molecule has 27 heavy (non-hydrogen) atoms. The Balaban J connectivity index is 4.16. The highest BCUT2D eigenvalue weighted by molar-refractivity contribution is 5.83. The summed E-state index contributed by atoms with van der Waals surface area (Å²) >= 11 is 0. The number of amides is 1. The van der Waals surface area contributed by atoms with Gasteiger partial charge in [-0.1, -0.05) is 53.4 Å². The summed E-state index contributed by atoms with van der Waals surface area (Å²) in [5, 5.41) is 2.65. The number of unbranched alkanes of at least 4 members (excludes halogenated alkanes) is 2. The number of rotatable bonds is 15. The molecule has 0 aromatic carbocycles. The molecule has 0 fully saturated rings. The van der Waals surface area contributed by atoms with Crippen molar-refractivity contribution in [2.75, 3.05) is 13.2 Å². The van der Waals surface area contributed by atoms with Crippen LogP contribution in [0.2, 0.25) is 0 Å². The fraction of sp³-hybridized carbons (Fsp3) is 0.857. The summed E-state index contributed by atoms with van der Waals surface area (Å²) in [6, 6.07) is 0. The molecule has 0 aliphatic rings. The van der Waals surface area contributed by atoms with Crippen molar-refractivity contribution in [1.29, 1.82) is 0 Å². The average molecular weight is 386 g/mol. The van der Waals surface area contributed by atoms with Crippen LogP contribution in [0, 0.1) is 11.8 Å². The molecule has 3 atom stereocenters. The van der Waals surface area contributed by atoms with Gasteiger partial charge in [0.25, 0.3) is 5.91 Å². The molecule has 0 aromatic rings. The second-order valence-electron chi connectivity index (χ2n) is 7.03. The third-order valence-electron chi connectivity index (χ3n) is 4.77. The fourth-order valence-corrected chi connectivity index (χ4v) is 2.79. The lowest BCUT2D eigenvalue weighted by Gasteiger charge is -2.18. The summed E-state index contributed by atoms with van der Waals surface area (Å²) in [6.07, 6.45) is 6.28. The Labute approximate surface area is 164 Å². The van der Waals surface area contributed by atoms with Crippen molar-refractivity contribution in [2.45, 2.75) is 92.1 Å². The predicted molar refractivity (Wildman–Crippen MR) is 106 cm³/mol. The standard InChI is InChI=1S/C21H39NO5/c1-6-10-12-17(8-3)20(24)26-15-14-22-19(23)16(5)27-21(25)18(9-4)13-11-7-2/h16-18H,6-15H2,1-5H3,(H,22,23)/t16-,17-,18+/m1/s1. The molecule has 6 nitrogen and oxygen atoms in total. The third kappa shape index (κ3) is 11.0. The van der Waals surface area contributed by atoms with Gasteiger partial charge in [-0.05, 0) is 32.6 Å². The summed E-state index contributed by atoms with van der Waals surface area (Å²) in [5.41, 5.74) is 0. The van der Waals surface area contributed by atoms with Crippen molar-refractivity contribution in [3.63, 3.8) is 0 Å².